The zero-order valence-electron chi connectivity index (χ0n) is 15.0. The van der Waals surface area contributed by atoms with E-state index in [1.807, 2.05) is 31.2 Å². The lowest BCUT2D eigenvalue weighted by atomic mass is 10.1. The number of ether oxygens (including phenoxy) is 1. The van der Waals surface area contributed by atoms with Crippen LogP contribution in [0.1, 0.15) is 18.1 Å². The predicted octanol–water partition coefficient (Wildman–Crippen LogP) is 2.89. The molecule has 2 heterocycles. The fourth-order valence-corrected chi connectivity index (χ4v) is 3.12. The standard InChI is InChI=1S/C21H17N3O4/c1-2-28-18-10-6-5-9-17(18)24-20(26)15(19(25)23-21(24)27)11-13-12-22-16-8-4-3-7-14(13)16/h3-12,26H,2H2,1H3,(H,23,25,27). The summed E-state index contributed by atoms with van der Waals surface area (Å²) in [6, 6.07) is 14.3. The summed E-state index contributed by atoms with van der Waals surface area (Å²) >= 11 is 0. The Morgan fingerprint density at radius 3 is 2.71 bits per heavy atom. The summed E-state index contributed by atoms with van der Waals surface area (Å²) in [5.41, 5.74) is 1.15. The van der Waals surface area contributed by atoms with Crippen molar-refractivity contribution in [3.8, 4) is 17.3 Å². The maximum absolute atomic E-state index is 12.5. The summed E-state index contributed by atoms with van der Waals surface area (Å²) in [6.07, 6.45) is 3.13. The van der Waals surface area contributed by atoms with E-state index >= 15 is 0 Å². The van der Waals surface area contributed by atoms with E-state index in [1.165, 1.54) is 6.08 Å². The fraction of sp³-hybridized carbons (Fsp3) is 0.0952. The number of nitrogens with zero attached hydrogens (tertiary/aromatic N) is 2. The van der Waals surface area contributed by atoms with E-state index in [0.29, 0.717) is 23.6 Å². The number of aromatic hydroxyl groups is 1. The van der Waals surface area contributed by atoms with Gasteiger partial charge in [0.05, 0.1) is 18.0 Å². The molecule has 3 aromatic rings. The van der Waals surface area contributed by atoms with E-state index in [4.69, 9.17) is 4.74 Å². The molecule has 2 aromatic carbocycles. The summed E-state index contributed by atoms with van der Waals surface area (Å²) in [6.45, 7) is 2.21. The molecule has 0 bridgehead atoms. The first-order valence-electron chi connectivity index (χ1n) is 8.76. The third kappa shape index (κ3) is 2.92. The second-order valence-electron chi connectivity index (χ2n) is 6.11. The van der Waals surface area contributed by atoms with E-state index in [9.17, 15) is 14.7 Å². The molecule has 7 nitrogen and oxygen atoms in total. The smallest absolute Gasteiger partial charge is 0.335 e. The number of hydrogen-bond donors (Lipinski definition) is 2. The molecule has 0 fully saturated rings. The van der Waals surface area contributed by atoms with Crippen molar-refractivity contribution < 1.29 is 9.84 Å². The Kier molecular flexibility index (Phi) is 4.41. The number of fused-ring (bicyclic) bond motifs is 1. The van der Waals surface area contributed by atoms with Crippen LogP contribution >= 0.6 is 0 Å². The van der Waals surface area contributed by atoms with Crippen LogP contribution in [0.4, 0.5) is 5.69 Å². The van der Waals surface area contributed by atoms with E-state index in [-0.39, 0.29) is 5.56 Å². The van der Waals surface area contributed by atoms with Crippen molar-refractivity contribution in [3.63, 3.8) is 0 Å². The van der Waals surface area contributed by atoms with Gasteiger partial charge in [-0.25, -0.2) is 9.36 Å². The number of benzene rings is 2. The topological polar surface area (TPSA) is 96.7 Å². The predicted molar refractivity (Wildman–Crippen MR) is 108 cm³/mol. The minimum absolute atomic E-state index is 0.0379. The lowest BCUT2D eigenvalue weighted by molar-refractivity contribution is 0.336. The van der Waals surface area contributed by atoms with Gasteiger partial charge in [-0.2, -0.15) is 0 Å². The number of hydrogen-bond acceptors (Lipinski definition) is 5. The SMILES string of the molecule is CCOc1ccccc1-n1c(O)c(C=C2C=Nc3ccccc32)c(=O)[nH]c1=O. The summed E-state index contributed by atoms with van der Waals surface area (Å²) in [7, 11) is 0. The van der Waals surface area contributed by atoms with Gasteiger partial charge in [-0.1, -0.05) is 30.3 Å². The van der Waals surface area contributed by atoms with Crippen molar-refractivity contribution in [2.24, 2.45) is 4.99 Å². The van der Waals surface area contributed by atoms with Crippen LogP contribution in [0.5, 0.6) is 11.6 Å². The molecule has 0 atom stereocenters. The second kappa shape index (κ2) is 7.03. The zero-order chi connectivity index (χ0) is 19.7. The average molecular weight is 375 g/mol. The van der Waals surface area contributed by atoms with Crippen molar-refractivity contribution in [1.29, 1.82) is 0 Å². The lowest BCUT2D eigenvalue weighted by Crippen LogP contribution is -2.30. The van der Waals surface area contributed by atoms with Crippen LogP contribution in [-0.4, -0.2) is 27.5 Å². The molecular formula is C21H17N3O4. The van der Waals surface area contributed by atoms with Crippen molar-refractivity contribution in [2.75, 3.05) is 6.61 Å². The minimum atomic E-state index is -0.753. The fourth-order valence-electron chi connectivity index (χ4n) is 3.12. The summed E-state index contributed by atoms with van der Waals surface area (Å²) in [5.74, 6) is -0.0491. The molecule has 0 spiro atoms. The lowest BCUT2D eigenvalue weighted by Gasteiger charge is -2.14. The zero-order valence-corrected chi connectivity index (χ0v) is 15.0. The van der Waals surface area contributed by atoms with Crippen molar-refractivity contribution in [2.45, 2.75) is 6.92 Å². The van der Waals surface area contributed by atoms with E-state index in [2.05, 4.69) is 9.98 Å². The van der Waals surface area contributed by atoms with Gasteiger partial charge in [0.1, 0.15) is 11.3 Å². The first-order chi connectivity index (χ1) is 13.6. The number of para-hydroxylation sites is 3. The Morgan fingerprint density at radius 1 is 1.14 bits per heavy atom. The van der Waals surface area contributed by atoms with Gasteiger partial charge in [-0.05, 0) is 31.2 Å². The van der Waals surface area contributed by atoms with E-state index in [1.54, 1.807) is 30.5 Å². The van der Waals surface area contributed by atoms with Crippen LogP contribution in [0.25, 0.3) is 17.3 Å². The highest BCUT2D eigenvalue weighted by atomic mass is 16.5. The van der Waals surface area contributed by atoms with Crippen LogP contribution < -0.4 is 16.0 Å². The number of nitrogens with one attached hydrogen (secondary N) is 1. The normalized spacial score (nSPS) is 13.7. The summed E-state index contributed by atoms with van der Waals surface area (Å²) < 4.78 is 6.58. The average Bonchev–Trinajstić information content (AvgIpc) is 3.09. The van der Waals surface area contributed by atoms with Gasteiger partial charge in [-0.3, -0.25) is 14.8 Å². The highest BCUT2D eigenvalue weighted by Gasteiger charge is 2.19. The Balaban J connectivity index is 1.92. The molecule has 0 saturated heterocycles. The molecule has 0 radical (unpaired) electrons. The number of aliphatic imine (C=N–C) groups is 1. The van der Waals surface area contributed by atoms with Crippen molar-refractivity contribution >= 4 is 23.6 Å². The Hall–Kier alpha value is -3.87. The Morgan fingerprint density at radius 2 is 1.89 bits per heavy atom. The number of aromatic amines is 1. The molecule has 0 aliphatic carbocycles. The molecule has 1 aromatic heterocycles. The molecule has 0 saturated carbocycles. The molecule has 1 aliphatic rings. The third-order valence-electron chi connectivity index (χ3n) is 4.38. The Bertz CT molecular complexity index is 1230. The van der Waals surface area contributed by atoms with Gasteiger partial charge in [0.25, 0.3) is 5.56 Å². The van der Waals surface area contributed by atoms with Gasteiger partial charge in [0, 0.05) is 17.4 Å². The van der Waals surface area contributed by atoms with E-state index < -0.39 is 17.1 Å². The molecule has 0 amide bonds. The van der Waals surface area contributed by atoms with Gasteiger partial charge in [-0.15, -0.1) is 0 Å². The maximum Gasteiger partial charge on any atom is 0.335 e. The number of allylic oxidation sites excluding steroid dienone is 1. The van der Waals surface area contributed by atoms with Crippen LogP contribution in [0.3, 0.4) is 0 Å². The molecule has 1 aliphatic heterocycles. The maximum atomic E-state index is 12.5. The highest BCUT2D eigenvalue weighted by molar-refractivity contribution is 6.21. The summed E-state index contributed by atoms with van der Waals surface area (Å²) in [4.78, 5) is 31.4. The quantitative estimate of drug-likeness (QED) is 0.733. The molecule has 2 N–H and O–H groups in total. The van der Waals surface area contributed by atoms with Gasteiger partial charge in [0.2, 0.25) is 5.88 Å². The molecule has 0 unspecified atom stereocenters. The molecule has 4 rings (SSSR count). The van der Waals surface area contributed by atoms with Gasteiger partial charge in [0.15, 0.2) is 0 Å². The van der Waals surface area contributed by atoms with Gasteiger partial charge >= 0.3 is 5.69 Å². The van der Waals surface area contributed by atoms with Crippen LogP contribution in [0.15, 0.2) is 63.1 Å². The highest BCUT2D eigenvalue weighted by Crippen LogP contribution is 2.33. The Labute approximate surface area is 159 Å². The molecule has 28 heavy (non-hydrogen) atoms. The second-order valence-corrected chi connectivity index (χ2v) is 6.11. The molecular weight excluding hydrogens is 358 g/mol. The summed E-state index contributed by atoms with van der Waals surface area (Å²) in [5, 5.41) is 10.8. The first-order valence-corrected chi connectivity index (χ1v) is 8.76. The molecule has 140 valence electrons. The largest absolute Gasteiger partial charge is 0.494 e. The minimum Gasteiger partial charge on any atom is -0.494 e. The van der Waals surface area contributed by atoms with Crippen molar-refractivity contribution in [1.82, 2.24) is 9.55 Å². The van der Waals surface area contributed by atoms with Crippen LogP contribution in [0.2, 0.25) is 0 Å². The monoisotopic (exact) mass is 375 g/mol. The number of H-pyrrole nitrogens is 1. The number of aromatic nitrogens is 2. The third-order valence-corrected chi connectivity index (χ3v) is 4.38. The molecule has 7 heteroatoms. The van der Waals surface area contributed by atoms with E-state index in [0.717, 1.165) is 15.8 Å². The van der Waals surface area contributed by atoms with Crippen molar-refractivity contribution in [3.05, 3.63) is 80.5 Å². The van der Waals surface area contributed by atoms with Crippen LogP contribution in [-0.2, 0) is 0 Å². The number of rotatable bonds is 4. The first kappa shape index (κ1) is 17.5. The van der Waals surface area contributed by atoms with Gasteiger partial charge < -0.3 is 9.84 Å². The van der Waals surface area contributed by atoms with Crippen LogP contribution in [0, 0.1) is 0 Å².